The van der Waals surface area contributed by atoms with Gasteiger partial charge in [0.15, 0.2) is 0 Å². The van der Waals surface area contributed by atoms with E-state index in [1.54, 1.807) is 20.8 Å². The molecule has 6 nitrogen and oxygen atoms in total. The molecule has 0 aliphatic rings. The van der Waals surface area contributed by atoms with Crippen molar-refractivity contribution < 1.29 is 9.53 Å². The maximum Gasteiger partial charge on any atom is 0.414 e. The SMILES string of the molecule is CC(C)(C)OC(=O)Nc1ncn[nH]1. The quantitative estimate of drug-likeness (QED) is 0.686. The van der Waals surface area contributed by atoms with E-state index in [2.05, 4.69) is 20.5 Å². The van der Waals surface area contributed by atoms with E-state index in [4.69, 9.17) is 4.74 Å². The van der Waals surface area contributed by atoms with Crippen LogP contribution in [0.1, 0.15) is 20.8 Å². The molecule has 1 aromatic heterocycles. The van der Waals surface area contributed by atoms with Crippen LogP contribution in [0.2, 0.25) is 0 Å². The molecule has 1 rings (SSSR count). The highest BCUT2D eigenvalue weighted by Crippen LogP contribution is 2.08. The predicted molar refractivity (Wildman–Crippen MR) is 46.2 cm³/mol. The Labute approximate surface area is 75.7 Å². The van der Waals surface area contributed by atoms with E-state index in [0.717, 1.165) is 0 Å². The van der Waals surface area contributed by atoms with Gasteiger partial charge in [0.1, 0.15) is 11.9 Å². The van der Waals surface area contributed by atoms with Gasteiger partial charge >= 0.3 is 6.09 Å². The van der Waals surface area contributed by atoms with Gasteiger partial charge in [-0.15, -0.1) is 0 Å². The van der Waals surface area contributed by atoms with Crippen LogP contribution < -0.4 is 5.32 Å². The van der Waals surface area contributed by atoms with Crippen LogP contribution in [0.25, 0.3) is 0 Å². The first-order valence-electron chi connectivity index (χ1n) is 3.83. The summed E-state index contributed by atoms with van der Waals surface area (Å²) < 4.78 is 4.97. The molecule has 13 heavy (non-hydrogen) atoms. The van der Waals surface area contributed by atoms with Crippen molar-refractivity contribution in [2.45, 2.75) is 26.4 Å². The number of carbonyl (C=O) groups excluding carboxylic acids is 1. The molecule has 0 aliphatic heterocycles. The second-order valence-corrected chi connectivity index (χ2v) is 3.46. The smallest absolute Gasteiger partial charge is 0.414 e. The molecule has 0 atom stereocenters. The zero-order chi connectivity index (χ0) is 9.90. The number of H-pyrrole nitrogens is 1. The van der Waals surface area contributed by atoms with Gasteiger partial charge in [0.25, 0.3) is 0 Å². The molecule has 6 heteroatoms. The summed E-state index contributed by atoms with van der Waals surface area (Å²) >= 11 is 0. The van der Waals surface area contributed by atoms with E-state index in [0.29, 0.717) is 0 Å². The Morgan fingerprint density at radius 2 is 2.31 bits per heavy atom. The average molecular weight is 184 g/mol. The number of ether oxygens (including phenoxy) is 1. The minimum atomic E-state index is -0.552. The number of amides is 1. The Balaban J connectivity index is 2.43. The van der Waals surface area contributed by atoms with Crippen molar-refractivity contribution in [3.63, 3.8) is 0 Å². The molecule has 2 N–H and O–H groups in total. The van der Waals surface area contributed by atoms with E-state index < -0.39 is 11.7 Å². The molecule has 0 saturated heterocycles. The third kappa shape index (κ3) is 3.55. The molecule has 1 amide bonds. The highest BCUT2D eigenvalue weighted by atomic mass is 16.6. The number of aromatic amines is 1. The summed E-state index contributed by atoms with van der Waals surface area (Å²) in [4.78, 5) is 14.8. The molecule has 0 radical (unpaired) electrons. The van der Waals surface area contributed by atoms with Gasteiger partial charge in [-0.1, -0.05) is 0 Å². The zero-order valence-electron chi connectivity index (χ0n) is 7.79. The first-order chi connectivity index (χ1) is 5.97. The number of aromatic nitrogens is 3. The number of nitrogens with zero attached hydrogens (tertiary/aromatic N) is 2. The highest BCUT2D eigenvalue weighted by Gasteiger charge is 2.16. The van der Waals surface area contributed by atoms with Crippen LogP contribution in [-0.2, 0) is 4.74 Å². The van der Waals surface area contributed by atoms with Crippen molar-refractivity contribution in [2.24, 2.45) is 0 Å². The first-order valence-corrected chi connectivity index (χ1v) is 3.83. The molecule has 0 spiro atoms. The third-order valence-corrected chi connectivity index (χ3v) is 1.03. The van der Waals surface area contributed by atoms with Gasteiger partial charge in [0.05, 0.1) is 0 Å². The van der Waals surface area contributed by atoms with Gasteiger partial charge in [0, 0.05) is 0 Å². The topological polar surface area (TPSA) is 79.9 Å². The summed E-state index contributed by atoms with van der Waals surface area (Å²) in [6, 6.07) is 0. The number of hydrogen-bond acceptors (Lipinski definition) is 4. The van der Waals surface area contributed by atoms with E-state index in [1.165, 1.54) is 6.33 Å². The fraction of sp³-hybridized carbons (Fsp3) is 0.571. The molecule has 1 aromatic rings. The number of hydrogen-bond donors (Lipinski definition) is 2. The first kappa shape index (κ1) is 9.50. The third-order valence-electron chi connectivity index (χ3n) is 1.03. The standard InChI is InChI=1S/C7H12N4O2/c1-7(2,3)13-6(12)10-5-8-4-9-11-5/h4H,1-3H3,(H2,8,9,10,11,12). The van der Waals surface area contributed by atoms with E-state index in [1.807, 2.05) is 0 Å². The monoisotopic (exact) mass is 184 g/mol. The van der Waals surface area contributed by atoms with Gasteiger partial charge in [-0.2, -0.15) is 10.1 Å². The number of rotatable bonds is 1. The molecule has 0 aliphatic carbocycles. The van der Waals surface area contributed by atoms with Crippen LogP contribution in [0, 0.1) is 0 Å². The Bertz CT molecular complexity index is 275. The lowest BCUT2D eigenvalue weighted by Crippen LogP contribution is -2.27. The minimum absolute atomic E-state index is 0.272. The molecular weight excluding hydrogens is 172 g/mol. The fourth-order valence-corrected chi connectivity index (χ4v) is 0.666. The van der Waals surface area contributed by atoms with E-state index >= 15 is 0 Å². The van der Waals surface area contributed by atoms with Crippen LogP contribution in [0.5, 0.6) is 0 Å². The molecule has 72 valence electrons. The number of nitrogens with one attached hydrogen (secondary N) is 2. The minimum Gasteiger partial charge on any atom is -0.444 e. The molecular formula is C7H12N4O2. The largest absolute Gasteiger partial charge is 0.444 e. The Kier molecular flexibility index (Phi) is 2.50. The molecule has 0 bridgehead atoms. The molecule has 0 saturated carbocycles. The van der Waals surface area contributed by atoms with Gasteiger partial charge in [-0.25, -0.2) is 9.89 Å². The molecule has 0 aromatic carbocycles. The van der Waals surface area contributed by atoms with Crippen molar-refractivity contribution in [3.8, 4) is 0 Å². The van der Waals surface area contributed by atoms with E-state index in [9.17, 15) is 4.79 Å². The van der Waals surface area contributed by atoms with Gasteiger partial charge in [0.2, 0.25) is 5.95 Å². The normalized spacial score (nSPS) is 11.0. The Hall–Kier alpha value is -1.59. The van der Waals surface area contributed by atoms with Crippen LogP contribution >= 0.6 is 0 Å². The maximum atomic E-state index is 11.1. The van der Waals surface area contributed by atoms with E-state index in [-0.39, 0.29) is 5.95 Å². The average Bonchev–Trinajstić information content (AvgIpc) is 2.34. The molecule has 1 heterocycles. The van der Waals surface area contributed by atoms with Crippen LogP contribution in [0.3, 0.4) is 0 Å². The lowest BCUT2D eigenvalue weighted by atomic mass is 10.2. The summed E-state index contributed by atoms with van der Waals surface area (Å²) in [5.74, 6) is 0.272. The maximum absolute atomic E-state index is 11.1. The van der Waals surface area contributed by atoms with Crippen molar-refractivity contribution in [1.82, 2.24) is 15.2 Å². The van der Waals surface area contributed by atoms with Crippen molar-refractivity contribution in [3.05, 3.63) is 6.33 Å². The highest BCUT2D eigenvalue weighted by molar-refractivity contribution is 5.82. The van der Waals surface area contributed by atoms with Crippen LogP contribution in [0.15, 0.2) is 6.33 Å². The lowest BCUT2D eigenvalue weighted by molar-refractivity contribution is 0.0634. The molecule has 0 unspecified atom stereocenters. The second-order valence-electron chi connectivity index (χ2n) is 3.46. The second kappa shape index (κ2) is 3.42. The van der Waals surface area contributed by atoms with Gasteiger partial charge in [-0.05, 0) is 20.8 Å². The van der Waals surface area contributed by atoms with Crippen molar-refractivity contribution in [1.29, 1.82) is 0 Å². The summed E-state index contributed by atoms with van der Waals surface area (Å²) in [6.07, 6.45) is 0.747. The molecule has 0 fully saturated rings. The number of anilines is 1. The van der Waals surface area contributed by atoms with Crippen LogP contribution in [-0.4, -0.2) is 26.9 Å². The summed E-state index contributed by atoms with van der Waals surface area (Å²) in [6.45, 7) is 5.35. The summed E-state index contributed by atoms with van der Waals surface area (Å²) in [7, 11) is 0. The van der Waals surface area contributed by atoms with Crippen molar-refractivity contribution >= 4 is 12.0 Å². The Morgan fingerprint density at radius 3 is 2.77 bits per heavy atom. The summed E-state index contributed by atoms with van der Waals surface area (Å²) in [5.41, 5.74) is -0.510. The van der Waals surface area contributed by atoms with Crippen molar-refractivity contribution in [2.75, 3.05) is 5.32 Å². The Morgan fingerprint density at radius 1 is 1.62 bits per heavy atom. The predicted octanol–water partition coefficient (Wildman–Crippen LogP) is 1.15. The fourth-order valence-electron chi connectivity index (χ4n) is 0.666. The van der Waals surface area contributed by atoms with Crippen LogP contribution in [0.4, 0.5) is 10.7 Å². The summed E-state index contributed by atoms with van der Waals surface area (Å²) in [5, 5.41) is 8.43. The zero-order valence-corrected chi connectivity index (χ0v) is 7.79. The van der Waals surface area contributed by atoms with Gasteiger partial charge < -0.3 is 4.74 Å². The number of carbonyl (C=O) groups is 1. The lowest BCUT2D eigenvalue weighted by Gasteiger charge is -2.18. The van der Waals surface area contributed by atoms with Gasteiger partial charge in [-0.3, -0.25) is 5.32 Å².